The number of aliphatic hydroxyl groups excluding tert-OH is 1. The molecule has 0 fully saturated rings. The van der Waals surface area contributed by atoms with Crippen LogP contribution in [0, 0.1) is 24.2 Å². The Hall–Kier alpha value is -1.42. The SMILES string of the molecule is Cc1cc(S(=O)(=O)NCCCC(C)CO)ccc1C#N. The minimum absolute atomic E-state index is 0.113. The van der Waals surface area contributed by atoms with Crippen molar-refractivity contribution < 1.29 is 13.5 Å². The van der Waals surface area contributed by atoms with Crippen LogP contribution in [0.3, 0.4) is 0 Å². The lowest BCUT2D eigenvalue weighted by atomic mass is 10.1. The third-order valence-corrected chi connectivity index (χ3v) is 4.56. The van der Waals surface area contributed by atoms with E-state index >= 15 is 0 Å². The first kappa shape index (κ1) is 16.6. The molecule has 1 aromatic carbocycles. The summed E-state index contributed by atoms with van der Waals surface area (Å²) in [6.07, 6.45) is 1.45. The van der Waals surface area contributed by atoms with E-state index in [1.165, 1.54) is 18.2 Å². The Kier molecular flexibility index (Phi) is 6.14. The summed E-state index contributed by atoms with van der Waals surface area (Å²) in [6, 6.07) is 6.45. The second-order valence-electron chi connectivity index (χ2n) is 4.92. The molecule has 0 saturated carbocycles. The zero-order chi connectivity index (χ0) is 15.2. The summed E-state index contributed by atoms with van der Waals surface area (Å²) in [6.45, 7) is 4.08. The van der Waals surface area contributed by atoms with Crippen molar-refractivity contribution in [3.8, 4) is 6.07 Å². The molecule has 1 rings (SSSR count). The highest BCUT2D eigenvalue weighted by atomic mass is 32.2. The van der Waals surface area contributed by atoms with E-state index in [1.807, 2.05) is 13.0 Å². The van der Waals surface area contributed by atoms with E-state index in [-0.39, 0.29) is 17.4 Å². The minimum Gasteiger partial charge on any atom is -0.396 e. The topological polar surface area (TPSA) is 90.2 Å². The van der Waals surface area contributed by atoms with Crippen LogP contribution in [0.2, 0.25) is 0 Å². The van der Waals surface area contributed by atoms with Gasteiger partial charge in [0.2, 0.25) is 10.0 Å². The predicted octanol–water partition coefficient (Wildman–Crippen LogP) is 1.55. The molecule has 0 aliphatic heterocycles. The molecular weight excluding hydrogens is 276 g/mol. The molecule has 0 aliphatic carbocycles. The number of rotatable bonds is 7. The number of nitriles is 1. The maximum absolute atomic E-state index is 12.1. The van der Waals surface area contributed by atoms with Gasteiger partial charge in [-0.05, 0) is 49.4 Å². The van der Waals surface area contributed by atoms with Crippen LogP contribution >= 0.6 is 0 Å². The number of aliphatic hydroxyl groups is 1. The fourth-order valence-electron chi connectivity index (χ4n) is 1.76. The van der Waals surface area contributed by atoms with E-state index in [1.54, 1.807) is 6.92 Å². The van der Waals surface area contributed by atoms with E-state index in [4.69, 9.17) is 10.4 Å². The average molecular weight is 296 g/mol. The summed E-state index contributed by atoms with van der Waals surface area (Å²) in [5.41, 5.74) is 1.12. The number of nitrogens with zero attached hydrogens (tertiary/aromatic N) is 1. The Morgan fingerprint density at radius 2 is 2.15 bits per heavy atom. The van der Waals surface area contributed by atoms with Gasteiger partial charge >= 0.3 is 0 Å². The van der Waals surface area contributed by atoms with Crippen LogP contribution in [-0.2, 0) is 10.0 Å². The van der Waals surface area contributed by atoms with Crippen molar-refractivity contribution in [2.75, 3.05) is 13.2 Å². The molecule has 6 heteroatoms. The summed E-state index contributed by atoms with van der Waals surface area (Å²) >= 11 is 0. The van der Waals surface area contributed by atoms with Gasteiger partial charge in [-0.15, -0.1) is 0 Å². The molecule has 0 bridgehead atoms. The van der Waals surface area contributed by atoms with Crippen LogP contribution in [0.1, 0.15) is 30.9 Å². The molecule has 0 saturated heterocycles. The fraction of sp³-hybridized carbons (Fsp3) is 0.500. The minimum atomic E-state index is -3.53. The van der Waals surface area contributed by atoms with Crippen molar-refractivity contribution in [2.24, 2.45) is 5.92 Å². The molecule has 20 heavy (non-hydrogen) atoms. The van der Waals surface area contributed by atoms with Crippen LogP contribution < -0.4 is 4.72 Å². The number of benzene rings is 1. The molecule has 2 N–H and O–H groups in total. The summed E-state index contributed by atoms with van der Waals surface area (Å²) in [5.74, 6) is 0.177. The largest absolute Gasteiger partial charge is 0.396 e. The molecule has 5 nitrogen and oxygen atoms in total. The summed E-state index contributed by atoms with van der Waals surface area (Å²) < 4.78 is 26.6. The van der Waals surface area contributed by atoms with Crippen molar-refractivity contribution in [3.63, 3.8) is 0 Å². The summed E-state index contributed by atoms with van der Waals surface area (Å²) in [4.78, 5) is 0.171. The van der Waals surface area contributed by atoms with Gasteiger partial charge in [0.05, 0.1) is 16.5 Å². The van der Waals surface area contributed by atoms with E-state index in [0.717, 1.165) is 6.42 Å². The number of hydrogen-bond acceptors (Lipinski definition) is 4. The van der Waals surface area contributed by atoms with E-state index in [2.05, 4.69) is 4.72 Å². The van der Waals surface area contributed by atoms with Gasteiger partial charge in [-0.2, -0.15) is 5.26 Å². The normalized spacial score (nSPS) is 12.9. The highest BCUT2D eigenvalue weighted by molar-refractivity contribution is 7.89. The molecule has 0 aliphatic rings. The van der Waals surface area contributed by atoms with Gasteiger partial charge in [-0.1, -0.05) is 6.92 Å². The molecule has 1 aromatic rings. The van der Waals surface area contributed by atoms with E-state index in [9.17, 15) is 8.42 Å². The van der Waals surface area contributed by atoms with E-state index < -0.39 is 10.0 Å². The molecule has 110 valence electrons. The van der Waals surface area contributed by atoms with Crippen LogP contribution in [-0.4, -0.2) is 26.7 Å². The van der Waals surface area contributed by atoms with Crippen LogP contribution in [0.5, 0.6) is 0 Å². The molecule has 0 aromatic heterocycles. The molecule has 0 radical (unpaired) electrons. The molecule has 0 spiro atoms. The van der Waals surface area contributed by atoms with E-state index in [0.29, 0.717) is 24.1 Å². The Labute approximate surface area is 120 Å². The standard InChI is InChI=1S/C14H20N2O3S/c1-11(10-17)4-3-7-16-20(18,19)14-6-5-13(9-15)12(2)8-14/h5-6,8,11,16-17H,3-4,7,10H2,1-2H3. The molecule has 0 heterocycles. The summed E-state index contributed by atoms with van der Waals surface area (Å²) in [7, 11) is -3.53. The molecule has 1 unspecified atom stereocenters. The van der Waals surface area contributed by atoms with Gasteiger partial charge in [0.15, 0.2) is 0 Å². The van der Waals surface area contributed by atoms with Crippen molar-refractivity contribution in [1.82, 2.24) is 4.72 Å². The first-order valence-corrected chi connectivity index (χ1v) is 8.00. The smallest absolute Gasteiger partial charge is 0.240 e. The van der Waals surface area contributed by atoms with Gasteiger partial charge in [0.25, 0.3) is 0 Å². The van der Waals surface area contributed by atoms with Crippen molar-refractivity contribution in [2.45, 2.75) is 31.6 Å². The first-order chi connectivity index (χ1) is 9.40. The van der Waals surface area contributed by atoms with Crippen LogP contribution in [0.15, 0.2) is 23.1 Å². The quantitative estimate of drug-likeness (QED) is 0.747. The second-order valence-corrected chi connectivity index (χ2v) is 6.68. The monoisotopic (exact) mass is 296 g/mol. The molecular formula is C14H20N2O3S. The molecule has 1 atom stereocenters. The highest BCUT2D eigenvalue weighted by Crippen LogP contribution is 2.15. The van der Waals surface area contributed by atoms with Gasteiger partial charge < -0.3 is 5.11 Å². The Balaban J connectivity index is 2.65. The van der Waals surface area contributed by atoms with Crippen molar-refractivity contribution in [3.05, 3.63) is 29.3 Å². The Morgan fingerprint density at radius 3 is 2.70 bits per heavy atom. The van der Waals surface area contributed by atoms with Gasteiger partial charge in [-0.3, -0.25) is 0 Å². The fourth-order valence-corrected chi connectivity index (χ4v) is 2.92. The van der Waals surface area contributed by atoms with Crippen LogP contribution in [0.4, 0.5) is 0 Å². The average Bonchev–Trinajstić information content (AvgIpc) is 2.43. The van der Waals surface area contributed by atoms with Gasteiger partial charge in [0, 0.05) is 13.2 Å². The lowest BCUT2D eigenvalue weighted by Crippen LogP contribution is -2.25. The Morgan fingerprint density at radius 1 is 1.45 bits per heavy atom. The Bertz CT molecular complexity index is 591. The van der Waals surface area contributed by atoms with Crippen LogP contribution in [0.25, 0.3) is 0 Å². The maximum atomic E-state index is 12.1. The third kappa shape index (κ3) is 4.60. The lowest BCUT2D eigenvalue weighted by Gasteiger charge is -2.10. The summed E-state index contributed by atoms with van der Waals surface area (Å²) in [5, 5.41) is 17.7. The van der Waals surface area contributed by atoms with Gasteiger partial charge in [-0.25, -0.2) is 13.1 Å². The van der Waals surface area contributed by atoms with Crippen molar-refractivity contribution in [1.29, 1.82) is 5.26 Å². The molecule has 0 amide bonds. The van der Waals surface area contributed by atoms with Crippen molar-refractivity contribution >= 4 is 10.0 Å². The highest BCUT2D eigenvalue weighted by Gasteiger charge is 2.14. The first-order valence-electron chi connectivity index (χ1n) is 6.52. The maximum Gasteiger partial charge on any atom is 0.240 e. The number of aryl methyl sites for hydroxylation is 1. The second kappa shape index (κ2) is 7.39. The number of sulfonamides is 1. The predicted molar refractivity (Wildman–Crippen MR) is 76.6 cm³/mol. The number of nitrogens with one attached hydrogen (secondary N) is 1. The van der Waals surface area contributed by atoms with Gasteiger partial charge in [0.1, 0.15) is 0 Å². The lowest BCUT2D eigenvalue weighted by molar-refractivity contribution is 0.228. The third-order valence-electron chi connectivity index (χ3n) is 3.11. The zero-order valence-electron chi connectivity index (χ0n) is 11.8. The number of hydrogen-bond donors (Lipinski definition) is 2. The zero-order valence-corrected chi connectivity index (χ0v) is 12.6.